The van der Waals surface area contributed by atoms with Gasteiger partial charge >= 0.3 is 0 Å². The molecule has 6 nitrogen and oxygen atoms in total. The molecule has 0 aliphatic carbocycles. The Bertz CT molecular complexity index is 1220. The number of aryl methyl sites for hydroxylation is 2. The number of benzene rings is 2. The van der Waals surface area contributed by atoms with Crippen LogP contribution in [-0.2, 0) is 17.8 Å². The second kappa shape index (κ2) is 11.4. The number of ether oxygens (including phenoxy) is 1. The van der Waals surface area contributed by atoms with Gasteiger partial charge in [-0.25, -0.2) is 0 Å². The first-order chi connectivity index (χ1) is 16.5. The van der Waals surface area contributed by atoms with E-state index >= 15 is 0 Å². The van der Waals surface area contributed by atoms with Gasteiger partial charge < -0.3 is 9.64 Å². The Labute approximate surface area is 208 Å². The Morgan fingerprint density at radius 2 is 1.79 bits per heavy atom. The molecule has 4 aromatic rings. The van der Waals surface area contributed by atoms with Crippen molar-refractivity contribution in [3.8, 4) is 11.4 Å². The van der Waals surface area contributed by atoms with Gasteiger partial charge in [-0.2, -0.15) is 0 Å². The molecule has 0 radical (unpaired) electrons. The van der Waals surface area contributed by atoms with Crippen LogP contribution in [0.1, 0.15) is 21.1 Å². The molecular weight excluding hydrogens is 464 g/mol. The van der Waals surface area contributed by atoms with Gasteiger partial charge in [-0.05, 0) is 62.2 Å². The second-order valence-corrected chi connectivity index (χ2v) is 10.2. The van der Waals surface area contributed by atoms with E-state index in [1.54, 1.807) is 18.4 Å². The third kappa shape index (κ3) is 6.07. The molecule has 0 aliphatic heterocycles. The lowest BCUT2D eigenvalue weighted by Crippen LogP contribution is -2.33. The number of carbonyl (C=O) groups is 1. The molecular formula is C26H28N4O2S2. The van der Waals surface area contributed by atoms with Crippen molar-refractivity contribution in [3.05, 3.63) is 87.9 Å². The van der Waals surface area contributed by atoms with Crippen LogP contribution in [0.3, 0.4) is 0 Å². The summed E-state index contributed by atoms with van der Waals surface area (Å²) in [5, 5.41) is 9.27. The van der Waals surface area contributed by atoms with Gasteiger partial charge in [0.05, 0.1) is 19.4 Å². The van der Waals surface area contributed by atoms with Crippen molar-refractivity contribution in [1.82, 2.24) is 19.7 Å². The van der Waals surface area contributed by atoms with Gasteiger partial charge in [0.25, 0.3) is 0 Å². The van der Waals surface area contributed by atoms with Crippen LogP contribution in [0, 0.1) is 13.8 Å². The molecule has 1 amide bonds. The molecule has 34 heavy (non-hydrogen) atoms. The summed E-state index contributed by atoms with van der Waals surface area (Å²) in [7, 11) is 1.65. The van der Waals surface area contributed by atoms with Crippen LogP contribution in [-0.4, -0.2) is 45.0 Å². The van der Waals surface area contributed by atoms with Crippen LogP contribution in [0.25, 0.3) is 5.69 Å². The van der Waals surface area contributed by atoms with Crippen molar-refractivity contribution in [2.24, 2.45) is 0 Å². The summed E-state index contributed by atoms with van der Waals surface area (Å²) in [6.45, 7) is 5.29. The first-order valence-electron chi connectivity index (χ1n) is 11.1. The lowest BCUT2D eigenvalue weighted by molar-refractivity contribution is -0.128. The van der Waals surface area contributed by atoms with Gasteiger partial charge in [-0.15, -0.1) is 21.5 Å². The molecule has 176 valence electrons. The topological polar surface area (TPSA) is 60.2 Å². The Kier molecular flexibility index (Phi) is 8.03. The number of thiophene rings is 1. The van der Waals surface area contributed by atoms with Crippen molar-refractivity contribution in [2.75, 3.05) is 19.4 Å². The zero-order valence-corrected chi connectivity index (χ0v) is 21.2. The number of hydrogen-bond donors (Lipinski definition) is 0. The Morgan fingerprint density at radius 3 is 2.47 bits per heavy atom. The smallest absolute Gasteiger partial charge is 0.233 e. The van der Waals surface area contributed by atoms with Gasteiger partial charge in [-0.1, -0.05) is 42.1 Å². The van der Waals surface area contributed by atoms with Crippen LogP contribution in [0.15, 0.2) is 71.9 Å². The Morgan fingerprint density at radius 1 is 1.03 bits per heavy atom. The molecule has 0 fully saturated rings. The normalized spacial score (nSPS) is 10.9. The summed E-state index contributed by atoms with van der Waals surface area (Å²) < 4.78 is 7.23. The molecule has 2 heterocycles. The largest absolute Gasteiger partial charge is 0.497 e. The Balaban J connectivity index is 1.46. The summed E-state index contributed by atoms with van der Waals surface area (Å²) in [4.78, 5) is 17.7. The second-order valence-electron chi connectivity index (χ2n) is 7.92. The van der Waals surface area contributed by atoms with Crippen molar-refractivity contribution < 1.29 is 9.53 Å². The molecule has 2 aromatic carbocycles. The van der Waals surface area contributed by atoms with Crippen molar-refractivity contribution >= 4 is 29.0 Å². The van der Waals surface area contributed by atoms with Crippen molar-refractivity contribution in [2.45, 2.75) is 32.0 Å². The average Bonchev–Trinajstić information content (AvgIpc) is 3.45. The first kappa shape index (κ1) is 24.0. The van der Waals surface area contributed by atoms with Gasteiger partial charge in [0.15, 0.2) is 5.16 Å². The SMILES string of the molecule is COc1ccc(-n2c(C)nnc2SCC(=O)N(CCc2ccccc2)Cc2ccc(C)s2)cc1. The summed E-state index contributed by atoms with van der Waals surface area (Å²) in [6, 6.07) is 22.2. The van der Waals surface area contributed by atoms with E-state index in [1.165, 1.54) is 27.1 Å². The quantitative estimate of drug-likeness (QED) is 0.281. The number of thioether (sulfide) groups is 1. The van der Waals surface area contributed by atoms with Crippen LogP contribution in [0.5, 0.6) is 5.75 Å². The van der Waals surface area contributed by atoms with Crippen LogP contribution >= 0.6 is 23.1 Å². The molecule has 4 rings (SSSR count). The molecule has 0 N–H and O–H groups in total. The fourth-order valence-corrected chi connectivity index (χ4v) is 5.45. The highest BCUT2D eigenvalue weighted by Crippen LogP contribution is 2.24. The third-order valence-electron chi connectivity index (χ3n) is 5.46. The number of nitrogens with zero attached hydrogens (tertiary/aromatic N) is 4. The standard InChI is InChI=1S/C26H28N4O2S2/c1-19-9-14-24(34-19)17-29(16-15-21-7-5-4-6-8-21)25(31)18-33-26-28-27-20(2)30(26)22-10-12-23(32-3)13-11-22/h4-14H,15-18H2,1-3H3. The highest BCUT2D eigenvalue weighted by atomic mass is 32.2. The highest BCUT2D eigenvalue weighted by Gasteiger charge is 2.18. The predicted molar refractivity (Wildman–Crippen MR) is 138 cm³/mol. The molecule has 0 saturated carbocycles. The van der Waals surface area contributed by atoms with E-state index in [9.17, 15) is 4.79 Å². The van der Waals surface area contributed by atoms with E-state index in [1.807, 2.05) is 58.9 Å². The minimum atomic E-state index is 0.0916. The number of aromatic nitrogens is 3. The molecule has 2 aromatic heterocycles. The summed E-state index contributed by atoms with van der Waals surface area (Å²) in [6.07, 6.45) is 0.822. The van der Waals surface area contributed by atoms with E-state index in [0.29, 0.717) is 24.0 Å². The van der Waals surface area contributed by atoms with E-state index in [2.05, 4.69) is 41.4 Å². The van der Waals surface area contributed by atoms with Gasteiger partial charge in [0.1, 0.15) is 11.6 Å². The van der Waals surface area contributed by atoms with Gasteiger partial charge in [0, 0.05) is 22.0 Å². The Hall–Kier alpha value is -3.10. The maximum Gasteiger partial charge on any atom is 0.233 e. The van der Waals surface area contributed by atoms with E-state index in [0.717, 1.165) is 23.7 Å². The molecule has 0 unspecified atom stereocenters. The summed E-state index contributed by atoms with van der Waals surface area (Å²) in [5.41, 5.74) is 2.17. The lowest BCUT2D eigenvalue weighted by Gasteiger charge is -2.22. The van der Waals surface area contributed by atoms with Crippen LogP contribution in [0.4, 0.5) is 0 Å². The molecule has 0 saturated heterocycles. The fourth-order valence-electron chi connectivity index (χ4n) is 3.64. The zero-order chi connectivity index (χ0) is 23.9. The fraction of sp³-hybridized carbons (Fsp3) is 0.269. The van der Waals surface area contributed by atoms with Gasteiger partial charge in [0.2, 0.25) is 5.91 Å². The lowest BCUT2D eigenvalue weighted by atomic mass is 10.1. The van der Waals surface area contributed by atoms with Gasteiger partial charge in [-0.3, -0.25) is 9.36 Å². The van der Waals surface area contributed by atoms with Crippen molar-refractivity contribution in [1.29, 1.82) is 0 Å². The van der Waals surface area contributed by atoms with E-state index < -0.39 is 0 Å². The van der Waals surface area contributed by atoms with E-state index in [4.69, 9.17) is 4.74 Å². The molecule has 0 aliphatic rings. The number of hydrogen-bond acceptors (Lipinski definition) is 6. The number of methoxy groups -OCH3 is 1. The zero-order valence-electron chi connectivity index (χ0n) is 19.6. The third-order valence-corrected chi connectivity index (χ3v) is 7.36. The first-order valence-corrected chi connectivity index (χ1v) is 12.9. The molecule has 0 spiro atoms. The maximum absolute atomic E-state index is 13.3. The number of amides is 1. The predicted octanol–water partition coefficient (Wildman–Crippen LogP) is 5.32. The number of carbonyl (C=O) groups excluding carboxylic acids is 1. The molecule has 8 heteroatoms. The summed E-state index contributed by atoms with van der Waals surface area (Å²) >= 11 is 3.16. The summed E-state index contributed by atoms with van der Waals surface area (Å²) in [5.74, 6) is 1.95. The molecule has 0 bridgehead atoms. The van der Waals surface area contributed by atoms with Crippen LogP contribution < -0.4 is 4.74 Å². The van der Waals surface area contributed by atoms with Crippen molar-refractivity contribution in [3.63, 3.8) is 0 Å². The monoisotopic (exact) mass is 492 g/mol. The minimum absolute atomic E-state index is 0.0916. The van der Waals surface area contributed by atoms with E-state index in [-0.39, 0.29) is 5.91 Å². The van der Waals surface area contributed by atoms with Crippen LogP contribution in [0.2, 0.25) is 0 Å². The average molecular weight is 493 g/mol. The number of rotatable bonds is 10. The minimum Gasteiger partial charge on any atom is -0.497 e. The highest BCUT2D eigenvalue weighted by molar-refractivity contribution is 7.99. The maximum atomic E-state index is 13.3. The molecule has 0 atom stereocenters.